The zero-order valence-electron chi connectivity index (χ0n) is 15.0. The summed E-state index contributed by atoms with van der Waals surface area (Å²) >= 11 is 0. The maximum absolute atomic E-state index is 12.9. The maximum atomic E-state index is 12.9. The highest BCUT2D eigenvalue weighted by atomic mass is 16.6. The number of urea groups is 1. The summed E-state index contributed by atoms with van der Waals surface area (Å²) in [5.41, 5.74) is 0.153. The van der Waals surface area contributed by atoms with Crippen LogP contribution in [0.4, 0.5) is 10.5 Å². The SMILES string of the molecule is COc1ccc(CCN2C(=O)NC(C)(c3ccc([N+](=O)[O-])cc3)C2=O)cc1. The number of nitro benzene ring substituents is 1. The Morgan fingerprint density at radius 2 is 1.74 bits per heavy atom. The summed E-state index contributed by atoms with van der Waals surface area (Å²) in [6.45, 7) is 1.83. The van der Waals surface area contributed by atoms with E-state index in [0.29, 0.717) is 12.0 Å². The number of amides is 3. The van der Waals surface area contributed by atoms with E-state index in [1.807, 2.05) is 24.3 Å². The lowest BCUT2D eigenvalue weighted by molar-refractivity contribution is -0.384. The summed E-state index contributed by atoms with van der Waals surface area (Å²) in [5.74, 6) is 0.356. The molecule has 1 heterocycles. The molecule has 0 radical (unpaired) electrons. The van der Waals surface area contributed by atoms with Crippen molar-refractivity contribution in [3.8, 4) is 5.75 Å². The molecule has 1 atom stereocenters. The molecule has 0 spiro atoms. The fraction of sp³-hybridized carbons (Fsp3) is 0.263. The van der Waals surface area contributed by atoms with Crippen LogP contribution in [0.15, 0.2) is 48.5 Å². The van der Waals surface area contributed by atoms with E-state index < -0.39 is 16.5 Å². The van der Waals surface area contributed by atoms with Crippen molar-refractivity contribution in [3.05, 3.63) is 69.8 Å². The first kappa shape index (κ1) is 18.4. The number of nitrogens with one attached hydrogen (secondary N) is 1. The molecule has 8 nitrogen and oxygen atoms in total. The highest BCUT2D eigenvalue weighted by Crippen LogP contribution is 2.30. The highest BCUT2D eigenvalue weighted by Gasteiger charge is 2.48. The van der Waals surface area contributed by atoms with Gasteiger partial charge in [-0.2, -0.15) is 0 Å². The third kappa shape index (κ3) is 3.46. The van der Waals surface area contributed by atoms with Crippen LogP contribution in [0.5, 0.6) is 5.75 Å². The van der Waals surface area contributed by atoms with Crippen LogP contribution in [0.25, 0.3) is 0 Å². The molecule has 0 aromatic heterocycles. The molecule has 2 aromatic rings. The monoisotopic (exact) mass is 369 g/mol. The van der Waals surface area contributed by atoms with Crippen molar-refractivity contribution in [1.29, 1.82) is 0 Å². The number of hydrogen-bond acceptors (Lipinski definition) is 5. The summed E-state index contributed by atoms with van der Waals surface area (Å²) in [4.78, 5) is 36.7. The van der Waals surface area contributed by atoms with Gasteiger partial charge in [0.15, 0.2) is 0 Å². The molecular weight excluding hydrogens is 350 g/mol. The predicted octanol–water partition coefficient (Wildman–Crippen LogP) is 2.61. The lowest BCUT2D eigenvalue weighted by atomic mass is 9.92. The molecule has 1 aliphatic heterocycles. The van der Waals surface area contributed by atoms with Crippen LogP contribution >= 0.6 is 0 Å². The van der Waals surface area contributed by atoms with Crippen LogP contribution in [0.2, 0.25) is 0 Å². The number of rotatable bonds is 6. The Kier molecular flexibility index (Phi) is 4.81. The van der Waals surface area contributed by atoms with E-state index >= 15 is 0 Å². The molecule has 3 rings (SSSR count). The number of nitro groups is 1. The average Bonchev–Trinajstić information content (AvgIpc) is 2.90. The first-order valence-electron chi connectivity index (χ1n) is 8.37. The number of nitrogens with zero attached hydrogens (tertiary/aromatic N) is 2. The Bertz CT molecular complexity index is 879. The van der Waals surface area contributed by atoms with Gasteiger partial charge in [0.2, 0.25) is 0 Å². The number of benzene rings is 2. The van der Waals surface area contributed by atoms with Crippen LogP contribution < -0.4 is 10.1 Å². The van der Waals surface area contributed by atoms with Gasteiger partial charge in [0, 0.05) is 18.7 Å². The zero-order valence-corrected chi connectivity index (χ0v) is 15.0. The molecule has 1 unspecified atom stereocenters. The minimum atomic E-state index is -1.24. The maximum Gasteiger partial charge on any atom is 0.325 e. The Balaban J connectivity index is 1.74. The smallest absolute Gasteiger partial charge is 0.325 e. The third-order valence-electron chi connectivity index (χ3n) is 4.71. The molecule has 3 amide bonds. The molecule has 1 aliphatic rings. The van der Waals surface area contributed by atoms with Crippen LogP contribution in [0.3, 0.4) is 0 Å². The van der Waals surface area contributed by atoms with Crippen molar-refractivity contribution in [3.63, 3.8) is 0 Å². The number of non-ortho nitro benzene ring substituents is 1. The Morgan fingerprint density at radius 1 is 1.11 bits per heavy atom. The summed E-state index contributed by atoms with van der Waals surface area (Å²) in [6, 6.07) is 12.5. The molecule has 27 heavy (non-hydrogen) atoms. The van der Waals surface area contributed by atoms with Gasteiger partial charge >= 0.3 is 6.03 Å². The number of ether oxygens (including phenoxy) is 1. The van der Waals surface area contributed by atoms with Crippen LogP contribution in [0, 0.1) is 10.1 Å². The lowest BCUT2D eigenvalue weighted by Gasteiger charge is -2.22. The van der Waals surface area contributed by atoms with E-state index in [1.165, 1.54) is 29.2 Å². The number of hydrogen-bond donors (Lipinski definition) is 1. The van der Waals surface area contributed by atoms with Gasteiger partial charge in [-0.25, -0.2) is 4.79 Å². The molecular formula is C19H19N3O5. The molecule has 2 aromatic carbocycles. The standard InChI is InChI=1S/C19H19N3O5/c1-19(14-5-7-15(8-6-14)22(25)26)17(23)21(18(24)20-19)12-11-13-3-9-16(27-2)10-4-13/h3-10H,11-12H2,1-2H3,(H,20,24). The third-order valence-corrected chi connectivity index (χ3v) is 4.71. The van der Waals surface area contributed by atoms with Crippen molar-refractivity contribution in [2.24, 2.45) is 0 Å². The van der Waals surface area contributed by atoms with Gasteiger partial charge in [-0.3, -0.25) is 19.8 Å². The quantitative estimate of drug-likeness (QED) is 0.479. The van der Waals surface area contributed by atoms with E-state index in [0.717, 1.165) is 11.3 Å². The fourth-order valence-electron chi connectivity index (χ4n) is 3.05. The second kappa shape index (κ2) is 7.06. The predicted molar refractivity (Wildman–Crippen MR) is 97.4 cm³/mol. The number of imide groups is 1. The average molecular weight is 369 g/mol. The molecule has 0 aliphatic carbocycles. The molecule has 1 N–H and O–H groups in total. The molecule has 140 valence electrons. The normalized spacial score (nSPS) is 19.1. The van der Waals surface area contributed by atoms with Gasteiger partial charge in [0.1, 0.15) is 11.3 Å². The van der Waals surface area contributed by atoms with Crippen molar-refractivity contribution >= 4 is 17.6 Å². The van der Waals surface area contributed by atoms with E-state index in [9.17, 15) is 19.7 Å². The molecule has 1 fully saturated rings. The fourth-order valence-corrected chi connectivity index (χ4v) is 3.05. The highest BCUT2D eigenvalue weighted by molar-refractivity contribution is 6.07. The number of carbonyl (C=O) groups is 2. The zero-order chi connectivity index (χ0) is 19.6. The van der Waals surface area contributed by atoms with Crippen LogP contribution in [0.1, 0.15) is 18.1 Å². The second-order valence-electron chi connectivity index (χ2n) is 6.41. The number of methoxy groups -OCH3 is 1. The van der Waals surface area contributed by atoms with Gasteiger partial charge in [-0.15, -0.1) is 0 Å². The first-order valence-corrected chi connectivity index (χ1v) is 8.37. The van der Waals surface area contributed by atoms with Crippen molar-refractivity contribution in [2.75, 3.05) is 13.7 Å². The number of carbonyl (C=O) groups excluding carboxylic acids is 2. The van der Waals surface area contributed by atoms with E-state index in [4.69, 9.17) is 4.74 Å². The second-order valence-corrected chi connectivity index (χ2v) is 6.41. The topological polar surface area (TPSA) is 102 Å². The van der Waals surface area contributed by atoms with Gasteiger partial charge in [-0.1, -0.05) is 12.1 Å². The van der Waals surface area contributed by atoms with Crippen molar-refractivity contribution in [2.45, 2.75) is 18.9 Å². The van der Waals surface area contributed by atoms with Gasteiger partial charge in [-0.05, 0) is 48.7 Å². The summed E-state index contributed by atoms with van der Waals surface area (Å²) in [7, 11) is 1.58. The summed E-state index contributed by atoms with van der Waals surface area (Å²) < 4.78 is 5.11. The minimum absolute atomic E-state index is 0.0736. The van der Waals surface area contributed by atoms with Gasteiger partial charge in [0.25, 0.3) is 11.6 Å². The van der Waals surface area contributed by atoms with Crippen LogP contribution in [-0.2, 0) is 16.8 Å². The molecule has 0 saturated carbocycles. The Morgan fingerprint density at radius 3 is 2.30 bits per heavy atom. The van der Waals surface area contributed by atoms with Crippen molar-refractivity contribution in [1.82, 2.24) is 10.2 Å². The summed E-state index contributed by atoms with van der Waals surface area (Å²) in [6.07, 6.45) is 0.513. The molecule has 1 saturated heterocycles. The van der Waals surface area contributed by atoms with E-state index in [1.54, 1.807) is 14.0 Å². The van der Waals surface area contributed by atoms with Gasteiger partial charge in [0.05, 0.1) is 12.0 Å². The Hall–Kier alpha value is -3.42. The van der Waals surface area contributed by atoms with Crippen molar-refractivity contribution < 1.29 is 19.2 Å². The first-order chi connectivity index (χ1) is 12.8. The Labute approximate surface area is 155 Å². The lowest BCUT2D eigenvalue weighted by Crippen LogP contribution is -2.41. The van der Waals surface area contributed by atoms with Gasteiger partial charge < -0.3 is 10.1 Å². The molecule has 0 bridgehead atoms. The van der Waals surface area contributed by atoms with E-state index in [2.05, 4.69) is 5.32 Å². The van der Waals surface area contributed by atoms with Crippen LogP contribution in [-0.4, -0.2) is 35.4 Å². The largest absolute Gasteiger partial charge is 0.497 e. The van der Waals surface area contributed by atoms with E-state index in [-0.39, 0.29) is 18.1 Å². The minimum Gasteiger partial charge on any atom is -0.497 e. The summed E-state index contributed by atoms with van der Waals surface area (Å²) in [5, 5.41) is 13.5. The molecule has 8 heteroatoms.